The molecule has 7 heteroatoms. The zero-order chi connectivity index (χ0) is 20.3. The topological polar surface area (TPSA) is 41.9 Å². The zero-order valence-electron chi connectivity index (χ0n) is 15.7. The first-order valence-corrected chi connectivity index (χ1v) is 9.80. The van der Waals surface area contributed by atoms with Gasteiger partial charge in [-0.3, -0.25) is 4.79 Å². The van der Waals surface area contributed by atoms with Gasteiger partial charge >= 0.3 is 0 Å². The molecule has 0 fully saturated rings. The number of carbonyl (C=O) groups excluding carboxylic acids is 1. The molecule has 148 valence electrons. The third-order valence-corrected chi connectivity index (χ3v) is 5.22. The summed E-state index contributed by atoms with van der Waals surface area (Å²) >= 11 is 12.0. The van der Waals surface area contributed by atoms with Gasteiger partial charge in [0, 0.05) is 24.4 Å². The van der Waals surface area contributed by atoms with Gasteiger partial charge < -0.3 is 9.74 Å². The van der Waals surface area contributed by atoms with Crippen LogP contribution in [0.1, 0.15) is 31.4 Å². The molecule has 0 spiro atoms. The third kappa shape index (κ3) is 5.03. The number of amides is 1. The molecular formula is C21H21Cl2FN2O2. The molecule has 1 heterocycles. The van der Waals surface area contributed by atoms with Crippen molar-refractivity contribution in [2.24, 2.45) is 11.1 Å². The van der Waals surface area contributed by atoms with Crippen molar-refractivity contribution < 1.29 is 14.0 Å². The van der Waals surface area contributed by atoms with Crippen molar-refractivity contribution in [2.45, 2.75) is 32.9 Å². The second-order valence-electron chi connectivity index (χ2n) is 7.10. The summed E-state index contributed by atoms with van der Waals surface area (Å²) in [5.74, 6) is -0.516. The van der Waals surface area contributed by atoms with E-state index in [1.165, 1.54) is 12.1 Å². The SMILES string of the molecule is CC(C)C(=O)N(Cc1cccc(F)c1)CC1CC(c2ccc(Cl)c(Cl)c2)=NO1. The van der Waals surface area contributed by atoms with E-state index in [4.69, 9.17) is 28.0 Å². The molecule has 0 aromatic heterocycles. The van der Waals surface area contributed by atoms with Gasteiger partial charge in [0.1, 0.15) is 5.82 Å². The summed E-state index contributed by atoms with van der Waals surface area (Å²) in [6, 6.07) is 11.6. The highest BCUT2D eigenvalue weighted by atomic mass is 35.5. The Bertz CT molecular complexity index is 902. The minimum atomic E-state index is -0.322. The van der Waals surface area contributed by atoms with Crippen molar-refractivity contribution in [3.05, 3.63) is 69.5 Å². The maximum atomic E-state index is 13.5. The highest BCUT2D eigenvalue weighted by Crippen LogP contribution is 2.26. The summed E-state index contributed by atoms with van der Waals surface area (Å²) in [5, 5.41) is 5.08. The summed E-state index contributed by atoms with van der Waals surface area (Å²) in [7, 11) is 0. The number of benzene rings is 2. The largest absolute Gasteiger partial charge is 0.390 e. The molecule has 2 aromatic rings. The fourth-order valence-electron chi connectivity index (χ4n) is 3.07. The van der Waals surface area contributed by atoms with E-state index in [-0.39, 0.29) is 23.7 Å². The van der Waals surface area contributed by atoms with Crippen molar-refractivity contribution in [1.82, 2.24) is 4.90 Å². The summed E-state index contributed by atoms with van der Waals surface area (Å²) in [6.07, 6.45) is 0.268. The Kier molecular flexibility index (Phi) is 6.57. The second-order valence-corrected chi connectivity index (χ2v) is 7.92. The van der Waals surface area contributed by atoms with Gasteiger partial charge in [-0.2, -0.15) is 0 Å². The Morgan fingerprint density at radius 3 is 2.71 bits per heavy atom. The maximum absolute atomic E-state index is 13.5. The minimum absolute atomic E-state index is 0.0177. The van der Waals surface area contributed by atoms with Crippen LogP contribution in [-0.4, -0.2) is 29.2 Å². The molecule has 3 rings (SSSR count). The normalized spacial score (nSPS) is 16.1. The van der Waals surface area contributed by atoms with Crippen LogP contribution in [0.25, 0.3) is 0 Å². The van der Waals surface area contributed by atoms with Crippen LogP contribution >= 0.6 is 23.2 Å². The van der Waals surface area contributed by atoms with Gasteiger partial charge in [-0.25, -0.2) is 4.39 Å². The smallest absolute Gasteiger partial charge is 0.225 e. The van der Waals surface area contributed by atoms with Gasteiger partial charge in [-0.05, 0) is 29.8 Å². The van der Waals surface area contributed by atoms with E-state index in [0.717, 1.165) is 16.8 Å². The van der Waals surface area contributed by atoms with Crippen LogP contribution in [0.2, 0.25) is 10.0 Å². The molecule has 1 amide bonds. The predicted octanol–water partition coefficient (Wildman–Crippen LogP) is 5.31. The first kappa shape index (κ1) is 20.6. The molecule has 0 bridgehead atoms. The first-order chi connectivity index (χ1) is 13.3. The fourth-order valence-corrected chi connectivity index (χ4v) is 3.37. The molecule has 0 saturated heterocycles. The standard InChI is InChI=1S/C21H21Cl2FN2O2/c1-13(2)21(27)26(11-14-4-3-5-16(24)8-14)12-17-10-20(25-28-17)15-6-7-18(22)19(23)9-15/h3-9,13,17H,10-12H2,1-2H3. The van der Waals surface area contributed by atoms with E-state index in [2.05, 4.69) is 5.16 Å². The number of hydrogen-bond donors (Lipinski definition) is 0. The monoisotopic (exact) mass is 422 g/mol. The molecular weight excluding hydrogens is 402 g/mol. The Hall–Kier alpha value is -2.11. The van der Waals surface area contributed by atoms with E-state index in [9.17, 15) is 9.18 Å². The Balaban J connectivity index is 1.69. The van der Waals surface area contributed by atoms with Crippen molar-refractivity contribution in [3.63, 3.8) is 0 Å². The van der Waals surface area contributed by atoms with Gasteiger partial charge in [-0.15, -0.1) is 0 Å². The maximum Gasteiger partial charge on any atom is 0.225 e. The van der Waals surface area contributed by atoms with Crippen molar-refractivity contribution in [1.29, 1.82) is 0 Å². The summed E-state index contributed by atoms with van der Waals surface area (Å²) < 4.78 is 13.5. The number of carbonyl (C=O) groups is 1. The molecule has 0 aliphatic carbocycles. The lowest BCUT2D eigenvalue weighted by Gasteiger charge is -2.26. The number of oxime groups is 1. The van der Waals surface area contributed by atoms with Crippen molar-refractivity contribution >= 4 is 34.8 Å². The molecule has 28 heavy (non-hydrogen) atoms. The zero-order valence-corrected chi connectivity index (χ0v) is 17.2. The highest BCUT2D eigenvalue weighted by Gasteiger charge is 2.28. The molecule has 0 radical (unpaired) electrons. The molecule has 4 nitrogen and oxygen atoms in total. The summed E-state index contributed by atoms with van der Waals surface area (Å²) in [5.41, 5.74) is 2.33. The Labute approximate surface area is 173 Å². The Morgan fingerprint density at radius 1 is 1.25 bits per heavy atom. The third-order valence-electron chi connectivity index (χ3n) is 4.48. The average molecular weight is 423 g/mol. The van der Waals surface area contributed by atoms with Crippen LogP contribution in [0.15, 0.2) is 47.6 Å². The molecule has 1 atom stereocenters. The number of nitrogens with zero attached hydrogens (tertiary/aromatic N) is 2. The van der Waals surface area contributed by atoms with Gasteiger partial charge in [0.2, 0.25) is 5.91 Å². The van der Waals surface area contributed by atoms with Crippen LogP contribution in [0, 0.1) is 11.7 Å². The lowest BCUT2D eigenvalue weighted by Crippen LogP contribution is -2.39. The van der Waals surface area contributed by atoms with Gasteiger partial charge in [0.05, 0.1) is 22.3 Å². The predicted molar refractivity (Wildman–Crippen MR) is 109 cm³/mol. The lowest BCUT2D eigenvalue weighted by molar-refractivity contribution is -0.137. The first-order valence-electron chi connectivity index (χ1n) is 9.05. The fraction of sp³-hybridized carbons (Fsp3) is 0.333. The molecule has 2 aromatic carbocycles. The number of halogens is 3. The molecule has 1 unspecified atom stereocenters. The van der Waals surface area contributed by atoms with Crippen LogP contribution in [0.4, 0.5) is 4.39 Å². The van der Waals surface area contributed by atoms with E-state index < -0.39 is 0 Å². The van der Waals surface area contributed by atoms with Crippen molar-refractivity contribution in [3.8, 4) is 0 Å². The van der Waals surface area contributed by atoms with E-state index >= 15 is 0 Å². The van der Waals surface area contributed by atoms with Crippen LogP contribution in [0.3, 0.4) is 0 Å². The van der Waals surface area contributed by atoms with Gasteiger partial charge in [-0.1, -0.05) is 60.4 Å². The van der Waals surface area contributed by atoms with E-state index in [0.29, 0.717) is 29.6 Å². The molecule has 0 saturated carbocycles. The van der Waals surface area contributed by atoms with Crippen LogP contribution in [-0.2, 0) is 16.2 Å². The van der Waals surface area contributed by atoms with Crippen LogP contribution in [0.5, 0.6) is 0 Å². The summed E-state index contributed by atoms with van der Waals surface area (Å²) in [4.78, 5) is 19.9. The summed E-state index contributed by atoms with van der Waals surface area (Å²) in [6.45, 7) is 4.36. The lowest BCUT2D eigenvalue weighted by atomic mass is 10.0. The second kappa shape index (κ2) is 8.93. The number of hydrogen-bond acceptors (Lipinski definition) is 3. The quantitative estimate of drug-likeness (QED) is 0.632. The number of rotatable bonds is 6. The minimum Gasteiger partial charge on any atom is -0.390 e. The molecule has 1 aliphatic heterocycles. The van der Waals surface area contributed by atoms with Gasteiger partial charge in [0.15, 0.2) is 6.10 Å². The molecule has 0 N–H and O–H groups in total. The Morgan fingerprint density at radius 2 is 2.04 bits per heavy atom. The van der Waals surface area contributed by atoms with Crippen molar-refractivity contribution in [2.75, 3.05) is 6.54 Å². The van der Waals surface area contributed by atoms with E-state index in [1.807, 2.05) is 19.9 Å². The highest BCUT2D eigenvalue weighted by molar-refractivity contribution is 6.42. The molecule has 1 aliphatic rings. The van der Waals surface area contributed by atoms with E-state index in [1.54, 1.807) is 29.2 Å². The van der Waals surface area contributed by atoms with Crippen LogP contribution < -0.4 is 0 Å². The average Bonchev–Trinajstić information content (AvgIpc) is 3.11. The van der Waals surface area contributed by atoms with Gasteiger partial charge in [0.25, 0.3) is 0 Å².